The highest BCUT2D eigenvalue weighted by Crippen LogP contribution is 2.47. The maximum Gasteiger partial charge on any atom is 0.337 e. The van der Waals surface area contributed by atoms with E-state index in [2.05, 4.69) is 5.32 Å². The average Bonchev–Trinajstić information content (AvgIpc) is 3.37. The first-order valence-electron chi connectivity index (χ1n) is 10.2. The summed E-state index contributed by atoms with van der Waals surface area (Å²) >= 11 is 0. The number of hydrogen-bond acceptors (Lipinski definition) is 5. The molecule has 0 aliphatic carbocycles. The van der Waals surface area contributed by atoms with Crippen molar-refractivity contribution in [2.45, 2.75) is 24.2 Å². The van der Waals surface area contributed by atoms with Crippen LogP contribution in [0.2, 0.25) is 0 Å². The molecule has 2 aliphatic heterocycles. The normalized spacial score (nSPS) is 22.4. The molecule has 2 aliphatic rings. The van der Waals surface area contributed by atoms with Gasteiger partial charge in [-0.15, -0.1) is 0 Å². The zero-order chi connectivity index (χ0) is 22.0. The maximum atomic E-state index is 13.0. The van der Waals surface area contributed by atoms with Crippen molar-refractivity contribution in [1.82, 2.24) is 4.90 Å². The lowest BCUT2D eigenvalue weighted by molar-refractivity contribution is -0.138. The summed E-state index contributed by atoms with van der Waals surface area (Å²) < 4.78 is 11.5. The van der Waals surface area contributed by atoms with Gasteiger partial charge >= 0.3 is 5.97 Å². The smallest absolute Gasteiger partial charge is 0.337 e. The molecule has 0 aromatic heterocycles. The van der Waals surface area contributed by atoms with Crippen LogP contribution in [0.1, 0.15) is 5.56 Å². The number of nitrogens with zero attached hydrogens (tertiary/aromatic N) is 1. The Kier molecular flexibility index (Phi) is 5.65. The van der Waals surface area contributed by atoms with Crippen LogP contribution < -0.4 is 5.32 Å². The molecule has 31 heavy (non-hydrogen) atoms. The van der Waals surface area contributed by atoms with E-state index in [4.69, 9.17) is 9.47 Å². The summed E-state index contributed by atoms with van der Waals surface area (Å²) in [5.41, 5.74) is 1.47. The average molecular weight is 418 g/mol. The molecule has 0 saturated heterocycles. The Balaban J connectivity index is 1.82. The molecule has 1 N–H and O–H groups in total. The lowest BCUT2D eigenvalue weighted by Gasteiger charge is -2.36. The minimum atomic E-state index is -1.12. The van der Waals surface area contributed by atoms with Gasteiger partial charge in [0.25, 0.3) is 5.91 Å². The number of carbonyl (C=O) groups is 2. The summed E-state index contributed by atoms with van der Waals surface area (Å²) in [6.45, 7) is 0. The molecule has 2 bridgehead atoms. The van der Waals surface area contributed by atoms with Crippen molar-refractivity contribution in [3.8, 4) is 0 Å². The van der Waals surface area contributed by atoms with E-state index in [9.17, 15) is 9.59 Å². The van der Waals surface area contributed by atoms with Crippen LogP contribution in [-0.4, -0.2) is 55.7 Å². The van der Waals surface area contributed by atoms with Crippen molar-refractivity contribution in [3.05, 3.63) is 89.5 Å². The lowest BCUT2D eigenvalue weighted by Crippen LogP contribution is -2.49. The number of benzene rings is 2. The molecule has 0 spiro atoms. The molecule has 4 rings (SSSR count). The van der Waals surface area contributed by atoms with Crippen molar-refractivity contribution >= 4 is 17.6 Å². The number of nitrogens with one attached hydrogen (secondary N) is 1. The molecule has 0 saturated carbocycles. The van der Waals surface area contributed by atoms with E-state index < -0.39 is 17.7 Å². The zero-order valence-corrected chi connectivity index (χ0v) is 17.9. The SMILES string of the molecule is COC(=O)C1=C(C(=O)N(C)C)C2C=CC1(C(Cc1ccccc1)Nc1ccccc1)O2. The Hall–Kier alpha value is -3.38. The number of hydrogen-bond donors (Lipinski definition) is 1. The quantitative estimate of drug-likeness (QED) is 0.553. The van der Waals surface area contributed by atoms with Gasteiger partial charge in [0.05, 0.1) is 24.3 Å². The van der Waals surface area contributed by atoms with Crippen LogP contribution in [0.3, 0.4) is 0 Å². The minimum absolute atomic E-state index is 0.255. The number of fused-ring (bicyclic) bond motifs is 2. The number of amides is 1. The summed E-state index contributed by atoms with van der Waals surface area (Å²) in [5, 5.41) is 3.54. The summed E-state index contributed by atoms with van der Waals surface area (Å²) in [5.74, 6) is -0.806. The summed E-state index contributed by atoms with van der Waals surface area (Å²) in [7, 11) is 4.65. The predicted octanol–water partition coefficient (Wildman–Crippen LogP) is 2.98. The Bertz CT molecular complexity index is 989. The van der Waals surface area contributed by atoms with Gasteiger partial charge < -0.3 is 19.7 Å². The van der Waals surface area contributed by atoms with Crippen molar-refractivity contribution in [1.29, 1.82) is 0 Å². The van der Waals surface area contributed by atoms with Gasteiger partial charge in [0, 0.05) is 19.8 Å². The van der Waals surface area contributed by atoms with Gasteiger partial charge in [0.2, 0.25) is 0 Å². The van der Waals surface area contributed by atoms with Gasteiger partial charge in [-0.3, -0.25) is 4.79 Å². The van der Waals surface area contributed by atoms with Crippen molar-refractivity contribution in [2.75, 3.05) is 26.5 Å². The second-order valence-corrected chi connectivity index (χ2v) is 7.92. The van der Waals surface area contributed by atoms with Crippen molar-refractivity contribution in [3.63, 3.8) is 0 Å². The lowest BCUT2D eigenvalue weighted by atomic mass is 9.78. The molecule has 1 amide bonds. The zero-order valence-electron chi connectivity index (χ0n) is 17.9. The Morgan fingerprint density at radius 3 is 2.35 bits per heavy atom. The van der Waals surface area contributed by atoms with Gasteiger partial charge in [-0.1, -0.05) is 54.6 Å². The monoisotopic (exact) mass is 418 g/mol. The van der Waals surface area contributed by atoms with E-state index in [1.54, 1.807) is 14.1 Å². The van der Waals surface area contributed by atoms with E-state index >= 15 is 0 Å². The standard InChI is InChI=1S/C25H26N2O4/c1-27(2)23(28)21-19-14-15-25(31-19,22(21)24(29)30-3)20(16-17-10-6-4-7-11-17)26-18-12-8-5-9-13-18/h4-15,19-20,26H,16H2,1-3H3. The van der Waals surface area contributed by atoms with Crippen molar-refractivity contribution in [2.24, 2.45) is 0 Å². The molecule has 3 atom stereocenters. The summed E-state index contributed by atoms with van der Waals surface area (Å²) in [4.78, 5) is 27.4. The number of anilines is 1. The van der Waals surface area contributed by atoms with Crippen LogP contribution in [-0.2, 0) is 25.5 Å². The molecule has 2 heterocycles. The molecular weight excluding hydrogens is 392 g/mol. The number of ether oxygens (including phenoxy) is 2. The number of likely N-dealkylation sites (N-methyl/N-ethyl adjacent to an activating group) is 1. The molecule has 2 aromatic carbocycles. The topological polar surface area (TPSA) is 67.9 Å². The fourth-order valence-corrected chi connectivity index (χ4v) is 4.28. The highest BCUT2D eigenvalue weighted by molar-refractivity contribution is 6.07. The van der Waals surface area contributed by atoms with E-state index in [1.807, 2.05) is 72.8 Å². The number of para-hydroxylation sites is 1. The van der Waals surface area contributed by atoms with Gasteiger partial charge in [0.1, 0.15) is 11.7 Å². The minimum Gasteiger partial charge on any atom is -0.466 e. The molecule has 2 aromatic rings. The fourth-order valence-electron chi connectivity index (χ4n) is 4.28. The van der Waals surface area contributed by atoms with E-state index in [0.717, 1.165) is 11.3 Å². The van der Waals surface area contributed by atoms with Gasteiger partial charge in [-0.05, 0) is 30.2 Å². The number of carbonyl (C=O) groups excluding carboxylic acids is 2. The highest BCUT2D eigenvalue weighted by atomic mass is 16.5. The third-order valence-corrected chi connectivity index (χ3v) is 5.73. The summed E-state index contributed by atoms with van der Waals surface area (Å²) in [6, 6.07) is 19.4. The van der Waals surface area contributed by atoms with Crippen molar-refractivity contribution < 1.29 is 19.1 Å². The first kappa shape index (κ1) is 20.9. The van der Waals surface area contributed by atoms with E-state index in [0.29, 0.717) is 12.0 Å². The van der Waals surface area contributed by atoms with Crippen LogP contribution in [0.5, 0.6) is 0 Å². The van der Waals surface area contributed by atoms with Crippen LogP contribution in [0.4, 0.5) is 5.69 Å². The summed E-state index contributed by atoms with van der Waals surface area (Å²) in [6.07, 6.45) is 3.74. The largest absolute Gasteiger partial charge is 0.466 e. The van der Waals surface area contributed by atoms with Gasteiger partial charge in [-0.25, -0.2) is 4.79 Å². The van der Waals surface area contributed by atoms with Gasteiger partial charge in [0.15, 0.2) is 0 Å². The number of rotatable bonds is 7. The molecule has 6 nitrogen and oxygen atoms in total. The molecule has 160 valence electrons. The number of esters is 1. The van der Waals surface area contributed by atoms with E-state index in [-0.39, 0.29) is 17.5 Å². The molecular formula is C25H26N2O4. The maximum absolute atomic E-state index is 13.0. The van der Waals surface area contributed by atoms with Crippen LogP contribution in [0.15, 0.2) is 84.0 Å². The van der Waals surface area contributed by atoms with Gasteiger partial charge in [-0.2, -0.15) is 0 Å². The second kappa shape index (κ2) is 8.40. The fraction of sp³-hybridized carbons (Fsp3) is 0.280. The Morgan fingerprint density at radius 2 is 1.74 bits per heavy atom. The first-order valence-corrected chi connectivity index (χ1v) is 10.2. The molecule has 0 fully saturated rings. The first-order chi connectivity index (χ1) is 15.0. The molecule has 3 unspecified atom stereocenters. The van der Waals surface area contributed by atoms with Crippen LogP contribution in [0, 0.1) is 0 Å². The third kappa shape index (κ3) is 3.75. The second-order valence-electron chi connectivity index (χ2n) is 7.92. The predicted molar refractivity (Wildman–Crippen MR) is 118 cm³/mol. The Morgan fingerprint density at radius 1 is 1.10 bits per heavy atom. The van der Waals surface area contributed by atoms with Crippen LogP contribution in [0.25, 0.3) is 0 Å². The third-order valence-electron chi connectivity index (χ3n) is 5.73. The highest BCUT2D eigenvalue weighted by Gasteiger charge is 2.58. The number of methoxy groups -OCH3 is 1. The van der Waals surface area contributed by atoms with E-state index in [1.165, 1.54) is 12.0 Å². The Labute approximate surface area is 182 Å². The molecule has 6 heteroatoms. The molecule has 0 radical (unpaired) electrons. The van der Waals surface area contributed by atoms with Crippen LogP contribution >= 0.6 is 0 Å².